The van der Waals surface area contributed by atoms with Gasteiger partial charge in [-0.2, -0.15) is 0 Å². The molecule has 0 saturated carbocycles. The average molecular weight is 462 g/mol. The van der Waals surface area contributed by atoms with E-state index >= 15 is 0 Å². The van der Waals surface area contributed by atoms with Crippen molar-refractivity contribution in [2.75, 3.05) is 12.4 Å². The van der Waals surface area contributed by atoms with E-state index in [-0.39, 0.29) is 12.4 Å². The number of rotatable bonds is 13. The number of amides is 1. The first-order chi connectivity index (χ1) is 14.3. The number of hydrogen-bond donors (Lipinski definition) is 1. The van der Waals surface area contributed by atoms with Crippen molar-refractivity contribution < 1.29 is 28.6 Å². The first-order valence-corrected chi connectivity index (χ1v) is 12.3. The summed E-state index contributed by atoms with van der Waals surface area (Å²) in [6.45, 7) is 13.0. The molecule has 0 unspecified atom stereocenters. The Morgan fingerprint density at radius 2 is 1.32 bits per heavy atom. The lowest BCUT2D eigenvalue weighted by atomic mass is 10.1. The second-order valence-electron chi connectivity index (χ2n) is 9.62. The van der Waals surface area contributed by atoms with Gasteiger partial charge in [0, 0.05) is 5.75 Å². The minimum atomic E-state index is -0.999. The standard InChI is InChI=1S/C23H43NO6S/c1-8-9-10-11-12-13-14-15-16-28-19(25)18(24-20(26)29-22(2,3)4)17-31-21(27)30-23(5,6)7/h18H,8-17H2,1-7H3,(H,24,26)/t18-/m0/s1. The Balaban J connectivity index is 4.50. The van der Waals surface area contributed by atoms with E-state index in [0.717, 1.165) is 31.0 Å². The number of unbranched alkanes of at least 4 members (excludes halogenated alkanes) is 7. The summed E-state index contributed by atoms with van der Waals surface area (Å²) in [6.07, 6.45) is 8.40. The van der Waals surface area contributed by atoms with Crippen LogP contribution in [0, 0.1) is 0 Å². The van der Waals surface area contributed by atoms with Crippen LogP contribution in [0.15, 0.2) is 0 Å². The molecule has 182 valence electrons. The monoisotopic (exact) mass is 461 g/mol. The largest absolute Gasteiger partial charge is 0.464 e. The highest BCUT2D eigenvalue weighted by Gasteiger charge is 2.27. The molecule has 0 aromatic heterocycles. The van der Waals surface area contributed by atoms with Crippen LogP contribution in [-0.4, -0.2) is 47.0 Å². The Hall–Kier alpha value is -1.44. The highest BCUT2D eigenvalue weighted by molar-refractivity contribution is 8.13. The van der Waals surface area contributed by atoms with Crippen LogP contribution in [-0.2, 0) is 19.0 Å². The van der Waals surface area contributed by atoms with Gasteiger partial charge in [-0.15, -0.1) is 0 Å². The number of hydrogen-bond acceptors (Lipinski definition) is 7. The summed E-state index contributed by atoms with van der Waals surface area (Å²) < 4.78 is 15.8. The van der Waals surface area contributed by atoms with E-state index in [4.69, 9.17) is 14.2 Å². The zero-order chi connectivity index (χ0) is 23.9. The van der Waals surface area contributed by atoms with Crippen molar-refractivity contribution in [3.63, 3.8) is 0 Å². The van der Waals surface area contributed by atoms with Crippen LogP contribution in [0.4, 0.5) is 9.59 Å². The Morgan fingerprint density at radius 3 is 1.84 bits per heavy atom. The maximum Gasteiger partial charge on any atom is 0.408 e. The Labute approximate surface area is 192 Å². The average Bonchev–Trinajstić information content (AvgIpc) is 2.60. The van der Waals surface area contributed by atoms with Crippen molar-refractivity contribution in [3.8, 4) is 0 Å². The first kappa shape index (κ1) is 29.6. The van der Waals surface area contributed by atoms with E-state index in [2.05, 4.69) is 12.2 Å². The van der Waals surface area contributed by atoms with Crippen LogP contribution in [0.1, 0.15) is 99.8 Å². The van der Waals surface area contributed by atoms with Gasteiger partial charge in [0.25, 0.3) is 0 Å². The summed E-state index contributed by atoms with van der Waals surface area (Å²) in [6, 6.07) is -0.999. The molecule has 0 aromatic rings. The third-order valence-electron chi connectivity index (χ3n) is 3.98. The quantitative estimate of drug-likeness (QED) is 0.197. The molecule has 0 radical (unpaired) electrons. The number of alkyl carbamates (subject to hydrolysis) is 1. The number of carbonyl (C=O) groups excluding carboxylic acids is 3. The van der Waals surface area contributed by atoms with Gasteiger partial charge < -0.3 is 19.5 Å². The fraction of sp³-hybridized carbons (Fsp3) is 0.870. The molecule has 0 bridgehead atoms. The predicted octanol–water partition coefficient (Wildman–Crippen LogP) is 6.23. The molecule has 0 aliphatic heterocycles. The fourth-order valence-electron chi connectivity index (χ4n) is 2.56. The van der Waals surface area contributed by atoms with Crippen LogP contribution in [0.2, 0.25) is 0 Å². The van der Waals surface area contributed by atoms with E-state index in [1.807, 2.05) is 0 Å². The van der Waals surface area contributed by atoms with Gasteiger partial charge in [0.15, 0.2) is 0 Å². The van der Waals surface area contributed by atoms with Crippen molar-refractivity contribution >= 4 is 29.1 Å². The Morgan fingerprint density at radius 1 is 0.806 bits per heavy atom. The normalized spacial score (nSPS) is 12.7. The first-order valence-electron chi connectivity index (χ1n) is 11.4. The molecule has 1 amide bonds. The Bertz CT molecular complexity index is 539. The summed E-state index contributed by atoms with van der Waals surface area (Å²) in [7, 11) is 0. The number of nitrogens with one attached hydrogen (secondary N) is 1. The highest BCUT2D eigenvalue weighted by Crippen LogP contribution is 2.17. The number of ether oxygens (including phenoxy) is 3. The SMILES string of the molecule is CCCCCCCCCCOC(=O)[C@H](CSC(=O)OC(C)(C)C)NC(=O)OC(C)(C)C. The van der Waals surface area contributed by atoms with Crippen LogP contribution < -0.4 is 5.32 Å². The molecule has 1 N–H and O–H groups in total. The minimum Gasteiger partial charge on any atom is -0.464 e. The van der Waals surface area contributed by atoms with E-state index in [1.54, 1.807) is 41.5 Å². The van der Waals surface area contributed by atoms with Gasteiger partial charge in [-0.05, 0) is 59.7 Å². The lowest BCUT2D eigenvalue weighted by Gasteiger charge is -2.23. The van der Waals surface area contributed by atoms with E-state index in [9.17, 15) is 14.4 Å². The molecule has 0 fully saturated rings. The number of carbonyl (C=O) groups is 3. The van der Waals surface area contributed by atoms with Gasteiger partial charge >= 0.3 is 17.4 Å². The lowest BCUT2D eigenvalue weighted by Crippen LogP contribution is -2.46. The van der Waals surface area contributed by atoms with E-state index in [1.165, 1.54) is 32.1 Å². The van der Waals surface area contributed by atoms with Crippen LogP contribution >= 0.6 is 11.8 Å². The molecule has 8 heteroatoms. The fourth-order valence-corrected chi connectivity index (χ4v) is 3.39. The third-order valence-corrected chi connectivity index (χ3v) is 4.79. The topological polar surface area (TPSA) is 90.9 Å². The van der Waals surface area contributed by atoms with Gasteiger partial charge in [0.05, 0.1) is 6.61 Å². The van der Waals surface area contributed by atoms with Gasteiger partial charge in [-0.3, -0.25) is 0 Å². The van der Waals surface area contributed by atoms with Crippen molar-refractivity contribution in [1.29, 1.82) is 0 Å². The maximum atomic E-state index is 12.5. The van der Waals surface area contributed by atoms with Crippen molar-refractivity contribution in [2.24, 2.45) is 0 Å². The molecular formula is C23H43NO6S. The van der Waals surface area contributed by atoms with Gasteiger partial charge in [-0.1, -0.05) is 51.9 Å². The van der Waals surface area contributed by atoms with Gasteiger partial charge in [-0.25, -0.2) is 14.4 Å². The molecule has 0 spiro atoms. The molecule has 0 aliphatic carbocycles. The zero-order valence-electron chi connectivity index (χ0n) is 20.5. The van der Waals surface area contributed by atoms with Crippen LogP contribution in [0.5, 0.6) is 0 Å². The molecule has 7 nitrogen and oxygen atoms in total. The summed E-state index contributed by atoms with van der Waals surface area (Å²) in [4.78, 5) is 36.6. The van der Waals surface area contributed by atoms with E-state index in [0.29, 0.717) is 0 Å². The van der Waals surface area contributed by atoms with Gasteiger partial charge in [0.1, 0.15) is 17.2 Å². The summed E-state index contributed by atoms with van der Waals surface area (Å²) in [5.74, 6) is -0.574. The summed E-state index contributed by atoms with van der Waals surface area (Å²) in [5, 5.41) is 1.99. The molecular weight excluding hydrogens is 418 g/mol. The molecule has 1 atom stereocenters. The summed E-state index contributed by atoms with van der Waals surface area (Å²) in [5.41, 5.74) is -1.33. The smallest absolute Gasteiger partial charge is 0.408 e. The number of esters is 1. The van der Waals surface area contributed by atoms with E-state index < -0.39 is 34.6 Å². The molecule has 31 heavy (non-hydrogen) atoms. The van der Waals surface area contributed by atoms with Crippen LogP contribution in [0.3, 0.4) is 0 Å². The lowest BCUT2D eigenvalue weighted by molar-refractivity contribution is -0.145. The van der Waals surface area contributed by atoms with Crippen LogP contribution in [0.25, 0.3) is 0 Å². The summed E-state index contributed by atoms with van der Waals surface area (Å²) >= 11 is 0.824. The molecule has 0 heterocycles. The molecule has 0 saturated heterocycles. The third kappa shape index (κ3) is 19.0. The second-order valence-corrected chi connectivity index (χ2v) is 10.6. The maximum absolute atomic E-state index is 12.5. The highest BCUT2D eigenvalue weighted by atomic mass is 32.2. The molecule has 0 aliphatic rings. The predicted molar refractivity (Wildman–Crippen MR) is 125 cm³/mol. The molecule has 0 rings (SSSR count). The minimum absolute atomic E-state index is 0.00438. The van der Waals surface area contributed by atoms with Crippen molar-refractivity contribution in [2.45, 2.75) is 117 Å². The Kier molecular flexibility index (Phi) is 14.7. The van der Waals surface area contributed by atoms with Crippen molar-refractivity contribution in [3.05, 3.63) is 0 Å². The number of thioether (sulfide) groups is 1. The van der Waals surface area contributed by atoms with Crippen molar-refractivity contribution in [1.82, 2.24) is 5.32 Å². The molecule has 0 aromatic carbocycles. The second kappa shape index (κ2) is 15.4. The van der Waals surface area contributed by atoms with Gasteiger partial charge in [0.2, 0.25) is 0 Å². The zero-order valence-corrected chi connectivity index (χ0v) is 21.3.